The predicted molar refractivity (Wildman–Crippen MR) is 81.6 cm³/mol. The fourth-order valence-corrected chi connectivity index (χ4v) is 2.04. The summed E-state index contributed by atoms with van der Waals surface area (Å²) in [6, 6.07) is 7.29. The molecule has 0 aliphatic rings. The third kappa shape index (κ3) is 4.23. The fourth-order valence-electron chi connectivity index (χ4n) is 2.04. The van der Waals surface area contributed by atoms with E-state index < -0.39 is 6.04 Å². The van der Waals surface area contributed by atoms with Gasteiger partial charge in [-0.2, -0.15) is 0 Å². The third-order valence-corrected chi connectivity index (χ3v) is 3.80. The standard InChI is InChI=1S/C16H26N2O2/c1-5-11(3)15(17)16(19)18-14(6-2)12-7-9-13(20-4)10-8-12/h7-11,14-15H,5-6,17H2,1-4H3,(H,18,19)/t11-,14?,15-/m0/s1. The van der Waals surface area contributed by atoms with Gasteiger partial charge in [-0.15, -0.1) is 0 Å². The van der Waals surface area contributed by atoms with E-state index in [0.717, 1.165) is 24.2 Å². The number of hydrogen-bond donors (Lipinski definition) is 2. The van der Waals surface area contributed by atoms with E-state index in [9.17, 15) is 4.79 Å². The van der Waals surface area contributed by atoms with Crippen molar-refractivity contribution in [3.05, 3.63) is 29.8 Å². The summed E-state index contributed by atoms with van der Waals surface area (Å²) in [5.41, 5.74) is 7.03. The number of nitrogens with one attached hydrogen (secondary N) is 1. The SMILES string of the molecule is CCC(NC(=O)[C@@H](N)[C@@H](C)CC)c1ccc(OC)cc1. The number of hydrogen-bond acceptors (Lipinski definition) is 3. The summed E-state index contributed by atoms with van der Waals surface area (Å²) in [6.45, 7) is 6.08. The Balaban J connectivity index is 2.73. The molecule has 1 unspecified atom stereocenters. The maximum atomic E-state index is 12.1. The average molecular weight is 278 g/mol. The van der Waals surface area contributed by atoms with Crippen LogP contribution in [-0.4, -0.2) is 19.1 Å². The van der Waals surface area contributed by atoms with Gasteiger partial charge in [0.1, 0.15) is 5.75 Å². The minimum absolute atomic E-state index is 0.0106. The number of amides is 1. The van der Waals surface area contributed by atoms with Crippen LogP contribution in [0.25, 0.3) is 0 Å². The molecule has 0 bridgehead atoms. The Bertz CT molecular complexity index is 417. The van der Waals surface area contributed by atoms with E-state index >= 15 is 0 Å². The van der Waals surface area contributed by atoms with Crippen molar-refractivity contribution in [2.24, 2.45) is 11.7 Å². The van der Waals surface area contributed by atoms with Crippen LogP contribution in [0.2, 0.25) is 0 Å². The van der Waals surface area contributed by atoms with Gasteiger partial charge in [0.05, 0.1) is 19.2 Å². The van der Waals surface area contributed by atoms with Crippen molar-refractivity contribution >= 4 is 5.91 Å². The normalized spacial score (nSPS) is 15.2. The largest absolute Gasteiger partial charge is 0.497 e. The van der Waals surface area contributed by atoms with Crippen LogP contribution in [0.1, 0.15) is 45.2 Å². The monoisotopic (exact) mass is 278 g/mol. The minimum Gasteiger partial charge on any atom is -0.497 e. The highest BCUT2D eigenvalue weighted by Crippen LogP contribution is 2.20. The van der Waals surface area contributed by atoms with E-state index in [-0.39, 0.29) is 17.9 Å². The first kappa shape index (κ1) is 16.5. The van der Waals surface area contributed by atoms with Gasteiger partial charge in [0.25, 0.3) is 0 Å². The average Bonchev–Trinajstić information content (AvgIpc) is 2.50. The zero-order valence-corrected chi connectivity index (χ0v) is 12.8. The molecule has 0 aliphatic carbocycles. The van der Waals surface area contributed by atoms with Gasteiger partial charge in [-0.25, -0.2) is 0 Å². The molecule has 1 amide bonds. The highest BCUT2D eigenvalue weighted by molar-refractivity contribution is 5.82. The molecule has 4 heteroatoms. The molecule has 1 aromatic carbocycles. The summed E-state index contributed by atoms with van der Waals surface area (Å²) in [4.78, 5) is 12.1. The van der Waals surface area contributed by atoms with Crippen LogP contribution >= 0.6 is 0 Å². The van der Waals surface area contributed by atoms with Crippen LogP contribution in [0.3, 0.4) is 0 Å². The van der Waals surface area contributed by atoms with Crippen molar-refractivity contribution < 1.29 is 9.53 Å². The molecule has 3 N–H and O–H groups in total. The summed E-state index contributed by atoms with van der Waals surface area (Å²) in [6.07, 6.45) is 1.72. The highest BCUT2D eigenvalue weighted by Gasteiger charge is 2.22. The lowest BCUT2D eigenvalue weighted by atomic mass is 9.98. The molecule has 1 aromatic rings. The fraction of sp³-hybridized carbons (Fsp3) is 0.562. The Morgan fingerprint density at radius 1 is 1.25 bits per heavy atom. The number of ether oxygens (including phenoxy) is 1. The van der Waals surface area contributed by atoms with Crippen molar-refractivity contribution in [1.82, 2.24) is 5.32 Å². The molecule has 1 rings (SSSR count). The molecule has 20 heavy (non-hydrogen) atoms. The molecule has 0 heterocycles. The van der Waals surface area contributed by atoms with Crippen molar-refractivity contribution in [2.45, 2.75) is 45.7 Å². The van der Waals surface area contributed by atoms with Gasteiger partial charge in [0.15, 0.2) is 0 Å². The van der Waals surface area contributed by atoms with E-state index in [4.69, 9.17) is 10.5 Å². The maximum absolute atomic E-state index is 12.1. The van der Waals surface area contributed by atoms with Crippen molar-refractivity contribution in [3.8, 4) is 5.75 Å². The second-order valence-corrected chi connectivity index (χ2v) is 5.15. The van der Waals surface area contributed by atoms with Crippen LogP contribution in [-0.2, 0) is 4.79 Å². The van der Waals surface area contributed by atoms with E-state index in [1.165, 1.54) is 0 Å². The van der Waals surface area contributed by atoms with Gasteiger partial charge in [-0.05, 0) is 30.0 Å². The summed E-state index contributed by atoms with van der Waals surface area (Å²) in [5.74, 6) is 0.914. The van der Waals surface area contributed by atoms with E-state index in [2.05, 4.69) is 5.32 Å². The smallest absolute Gasteiger partial charge is 0.237 e. The Kier molecular flexibility index (Phi) is 6.52. The number of carbonyl (C=O) groups is 1. The molecule has 0 aliphatic heterocycles. The van der Waals surface area contributed by atoms with E-state index in [1.54, 1.807) is 7.11 Å². The molecule has 0 saturated heterocycles. The van der Waals surface area contributed by atoms with Gasteiger partial charge < -0.3 is 15.8 Å². The Morgan fingerprint density at radius 3 is 2.30 bits per heavy atom. The minimum atomic E-state index is -0.452. The lowest BCUT2D eigenvalue weighted by Crippen LogP contribution is -2.45. The number of rotatable bonds is 7. The second-order valence-electron chi connectivity index (χ2n) is 5.15. The van der Waals surface area contributed by atoms with Crippen LogP contribution in [0, 0.1) is 5.92 Å². The molecule has 0 saturated carbocycles. The first-order valence-electron chi connectivity index (χ1n) is 7.23. The van der Waals surface area contributed by atoms with E-state index in [0.29, 0.717) is 0 Å². The quantitative estimate of drug-likeness (QED) is 0.806. The summed E-state index contributed by atoms with van der Waals surface area (Å²) in [5, 5.41) is 3.03. The summed E-state index contributed by atoms with van der Waals surface area (Å²) in [7, 11) is 1.64. The van der Waals surface area contributed by atoms with Gasteiger partial charge in [0, 0.05) is 0 Å². The first-order valence-corrected chi connectivity index (χ1v) is 7.23. The zero-order chi connectivity index (χ0) is 15.1. The van der Waals surface area contributed by atoms with Gasteiger partial charge >= 0.3 is 0 Å². The van der Waals surface area contributed by atoms with E-state index in [1.807, 2.05) is 45.0 Å². The molecule has 112 valence electrons. The highest BCUT2D eigenvalue weighted by atomic mass is 16.5. The molecule has 4 nitrogen and oxygen atoms in total. The predicted octanol–water partition coefficient (Wildman–Crippen LogP) is 2.64. The molecular formula is C16H26N2O2. The molecular weight excluding hydrogens is 252 g/mol. The summed E-state index contributed by atoms with van der Waals surface area (Å²) < 4.78 is 5.14. The number of carbonyl (C=O) groups excluding carboxylic acids is 1. The molecule has 0 aromatic heterocycles. The molecule has 3 atom stereocenters. The second kappa shape index (κ2) is 7.90. The lowest BCUT2D eigenvalue weighted by Gasteiger charge is -2.23. The number of benzene rings is 1. The maximum Gasteiger partial charge on any atom is 0.237 e. The third-order valence-electron chi connectivity index (χ3n) is 3.80. The van der Waals surface area contributed by atoms with Crippen molar-refractivity contribution in [2.75, 3.05) is 7.11 Å². The van der Waals surface area contributed by atoms with Gasteiger partial charge in [-0.3, -0.25) is 4.79 Å². The molecule has 0 spiro atoms. The van der Waals surface area contributed by atoms with Crippen molar-refractivity contribution in [3.63, 3.8) is 0 Å². The van der Waals surface area contributed by atoms with Gasteiger partial charge in [0.2, 0.25) is 5.91 Å². The van der Waals surface area contributed by atoms with Crippen LogP contribution in [0.4, 0.5) is 0 Å². The number of methoxy groups -OCH3 is 1. The Hall–Kier alpha value is -1.55. The molecule has 0 fully saturated rings. The number of nitrogens with two attached hydrogens (primary N) is 1. The van der Waals surface area contributed by atoms with Crippen molar-refractivity contribution in [1.29, 1.82) is 0 Å². The van der Waals surface area contributed by atoms with Crippen LogP contribution < -0.4 is 15.8 Å². The topological polar surface area (TPSA) is 64.4 Å². The Morgan fingerprint density at radius 2 is 1.85 bits per heavy atom. The van der Waals surface area contributed by atoms with Crippen LogP contribution in [0.15, 0.2) is 24.3 Å². The Labute approximate surface area is 121 Å². The molecule has 0 radical (unpaired) electrons. The van der Waals surface area contributed by atoms with Crippen LogP contribution in [0.5, 0.6) is 5.75 Å². The zero-order valence-electron chi connectivity index (χ0n) is 12.8. The summed E-state index contributed by atoms with van der Waals surface area (Å²) >= 11 is 0. The van der Waals surface area contributed by atoms with Gasteiger partial charge in [-0.1, -0.05) is 39.3 Å². The lowest BCUT2D eigenvalue weighted by molar-refractivity contribution is -0.124. The first-order chi connectivity index (χ1) is 9.53.